The normalized spacial score (nSPS) is 13.9. The molecule has 0 heterocycles. The lowest BCUT2D eigenvalue weighted by Gasteiger charge is -2.18. The third-order valence-electron chi connectivity index (χ3n) is 2.45. The SMILES string of the molecule is CC(CC(F)(F)F)NC(=O)c1ccc(Br)cc1C(F)(F)F. The molecule has 0 aliphatic carbocycles. The van der Waals surface area contributed by atoms with Gasteiger partial charge in [0.15, 0.2) is 0 Å². The van der Waals surface area contributed by atoms with Gasteiger partial charge in [0, 0.05) is 10.5 Å². The van der Waals surface area contributed by atoms with E-state index in [9.17, 15) is 31.1 Å². The molecule has 0 saturated carbocycles. The molecule has 118 valence electrons. The van der Waals surface area contributed by atoms with Gasteiger partial charge in [-0.3, -0.25) is 4.79 Å². The molecule has 0 aliphatic rings. The zero-order chi connectivity index (χ0) is 16.4. The predicted octanol–water partition coefficient (Wildman–Crippen LogP) is 4.54. The van der Waals surface area contributed by atoms with Gasteiger partial charge in [-0.1, -0.05) is 15.9 Å². The minimum Gasteiger partial charge on any atom is -0.349 e. The summed E-state index contributed by atoms with van der Waals surface area (Å²) in [6.07, 6.45) is -10.6. The van der Waals surface area contributed by atoms with Crippen LogP contribution >= 0.6 is 15.9 Å². The van der Waals surface area contributed by atoms with E-state index in [1.54, 1.807) is 0 Å². The summed E-state index contributed by atoms with van der Waals surface area (Å²) in [5.74, 6) is -1.20. The zero-order valence-electron chi connectivity index (χ0n) is 10.6. The van der Waals surface area contributed by atoms with Gasteiger partial charge in [-0.05, 0) is 25.1 Å². The van der Waals surface area contributed by atoms with E-state index in [2.05, 4.69) is 15.9 Å². The molecular formula is C12H10BrF6NO. The first-order valence-electron chi connectivity index (χ1n) is 5.64. The van der Waals surface area contributed by atoms with Gasteiger partial charge >= 0.3 is 12.4 Å². The summed E-state index contributed by atoms with van der Waals surface area (Å²) in [6, 6.07) is 1.48. The quantitative estimate of drug-likeness (QED) is 0.769. The van der Waals surface area contributed by atoms with E-state index < -0.39 is 41.8 Å². The second-order valence-electron chi connectivity index (χ2n) is 4.38. The Kier molecular flexibility index (Phi) is 5.30. The highest BCUT2D eigenvalue weighted by atomic mass is 79.9. The van der Waals surface area contributed by atoms with Crippen LogP contribution in [0.1, 0.15) is 29.3 Å². The maximum atomic E-state index is 12.8. The molecule has 1 atom stereocenters. The maximum Gasteiger partial charge on any atom is 0.417 e. The Hall–Kier alpha value is -1.25. The van der Waals surface area contributed by atoms with Gasteiger partial charge in [0.05, 0.1) is 17.5 Å². The second-order valence-corrected chi connectivity index (χ2v) is 5.30. The van der Waals surface area contributed by atoms with Crippen LogP contribution in [0.5, 0.6) is 0 Å². The first-order valence-corrected chi connectivity index (χ1v) is 6.44. The topological polar surface area (TPSA) is 29.1 Å². The Balaban J connectivity index is 2.98. The summed E-state index contributed by atoms with van der Waals surface area (Å²) in [4.78, 5) is 11.7. The van der Waals surface area contributed by atoms with Crippen LogP contribution in [0.4, 0.5) is 26.3 Å². The molecule has 1 unspecified atom stereocenters. The summed E-state index contributed by atoms with van der Waals surface area (Å²) in [6.45, 7) is 1.07. The lowest BCUT2D eigenvalue weighted by molar-refractivity contribution is -0.139. The number of benzene rings is 1. The number of alkyl halides is 6. The molecule has 0 fully saturated rings. The van der Waals surface area contributed by atoms with Crippen molar-refractivity contribution in [1.82, 2.24) is 5.32 Å². The van der Waals surface area contributed by atoms with Gasteiger partial charge in [-0.15, -0.1) is 0 Å². The van der Waals surface area contributed by atoms with Gasteiger partial charge in [0.25, 0.3) is 5.91 Å². The number of carbonyl (C=O) groups excluding carboxylic acids is 1. The van der Waals surface area contributed by atoms with Crippen LogP contribution < -0.4 is 5.32 Å². The van der Waals surface area contributed by atoms with Crippen LogP contribution in [-0.4, -0.2) is 18.1 Å². The van der Waals surface area contributed by atoms with Crippen molar-refractivity contribution >= 4 is 21.8 Å². The summed E-state index contributed by atoms with van der Waals surface area (Å²) in [5, 5.41) is 1.91. The average molecular weight is 378 g/mol. The molecule has 21 heavy (non-hydrogen) atoms. The van der Waals surface area contributed by atoms with Crippen LogP contribution in [-0.2, 0) is 6.18 Å². The van der Waals surface area contributed by atoms with Crippen molar-refractivity contribution in [2.45, 2.75) is 31.7 Å². The summed E-state index contributed by atoms with van der Waals surface area (Å²) in [5.41, 5.74) is -1.94. The highest BCUT2D eigenvalue weighted by Gasteiger charge is 2.36. The fourth-order valence-electron chi connectivity index (χ4n) is 1.65. The minimum atomic E-state index is -4.79. The van der Waals surface area contributed by atoms with Crippen molar-refractivity contribution in [2.75, 3.05) is 0 Å². The molecule has 2 nitrogen and oxygen atoms in total. The van der Waals surface area contributed by atoms with Crippen LogP contribution in [0.3, 0.4) is 0 Å². The molecular weight excluding hydrogens is 368 g/mol. The van der Waals surface area contributed by atoms with E-state index in [0.29, 0.717) is 6.07 Å². The maximum absolute atomic E-state index is 12.8. The largest absolute Gasteiger partial charge is 0.417 e. The number of hydrogen-bond acceptors (Lipinski definition) is 1. The first-order chi connectivity index (χ1) is 9.40. The monoisotopic (exact) mass is 377 g/mol. The second kappa shape index (κ2) is 6.25. The van der Waals surface area contributed by atoms with Gasteiger partial charge in [-0.2, -0.15) is 26.3 Å². The molecule has 0 saturated heterocycles. The third kappa shape index (κ3) is 5.56. The molecule has 9 heteroatoms. The minimum absolute atomic E-state index is 0.106. The van der Waals surface area contributed by atoms with Gasteiger partial charge < -0.3 is 5.32 Å². The summed E-state index contributed by atoms with van der Waals surface area (Å²) < 4.78 is 75.0. The van der Waals surface area contributed by atoms with E-state index >= 15 is 0 Å². The Bertz CT molecular complexity index is 525. The van der Waals surface area contributed by atoms with Crippen molar-refractivity contribution in [3.05, 3.63) is 33.8 Å². The number of nitrogens with one attached hydrogen (secondary N) is 1. The first kappa shape index (κ1) is 17.8. The average Bonchev–Trinajstić information content (AvgIpc) is 2.24. The molecule has 0 aromatic heterocycles. The lowest BCUT2D eigenvalue weighted by atomic mass is 10.1. The zero-order valence-corrected chi connectivity index (χ0v) is 12.2. The molecule has 1 aromatic carbocycles. The van der Waals surface area contributed by atoms with E-state index in [0.717, 1.165) is 13.0 Å². The number of rotatable bonds is 3. The van der Waals surface area contributed by atoms with Gasteiger partial charge in [0.2, 0.25) is 0 Å². The van der Waals surface area contributed by atoms with Crippen molar-refractivity contribution in [3.8, 4) is 0 Å². The Morgan fingerprint density at radius 3 is 2.29 bits per heavy atom. The lowest BCUT2D eigenvalue weighted by Crippen LogP contribution is -2.36. The Morgan fingerprint density at radius 2 is 1.81 bits per heavy atom. The smallest absolute Gasteiger partial charge is 0.349 e. The predicted molar refractivity (Wildman–Crippen MR) is 66.7 cm³/mol. The van der Waals surface area contributed by atoms with Crippen LogP contribution in [0.15, 0.2) is 22.7 Å². The Labute approximate surface area is 124 Å². The molecule has 0 aliphatic heterocycles. The Morgan fingerprint density at radius 1 is 1.24 bits per heavy atom. The van der Waals surface area contributed by atoms with Crippen molar-refractivity contribution in [3.63, 3.8) is 0 Å². The van der Waals surface area contributed by atoms with Gasteiger partial charge in [0.1, 0.15) is 0 Å². The molecule has 0 spiro atoms. The van der Waals surface area contributed by atoms with E-state index in [4.69, 9.17) is 0 Å². The van der Waals surface area contributed by atoms with Crippen LogP contribution in [0.25, 0.3) is 0 Å². The summed E-state index contributed by atoms with van der Waals surface area (Å²) >= 11 is 2.85. The van der Waals surface area contributed by atoms with Crippen LogP contribution in [0, 0.1) is 0 Å². The van der Waals surface area contributed by atoms with E-state index in [1.165, 1.54) is 6.07 Å². The van der Waals surface area contributed by atoms with E-state index in [-0.39, 0.29) is 4.47 Å². The van der Waals surface area contributed by atoms with Gasteiger partial charge in [-0.25, -0.2) is 0 Å². The number of hydrogen-bond donors (Lipinski definition) is 1. The van der Waals surface area contributed by atoms with Crippen molar-refractivity contribution < 1.29 is 31.1 Å². The van der Waals surface area contributed by atoms with Crippen molar-refractivity contribution in [2.24, 2.45) is 0 Å². The molecule has 1 amide bonds. The molecule has 0 bridgehead atoms. The fourth-order valence-corrected chi connectivity index (χ4v) is 2.01. The molecule has 1 N–H and O–H groups in total. The summed E-state index contributed by atoms with van der Waals surface area (Å²) in [7, 11) is 0. The standard InChI is InChI=1S/C12H10BrF6NO/c1-6(5-11(14,15)16)20-10(21)8-3-2-7(13)4-9(8)12(17,18)19/h2-4,6H,5H2,1H3,(H,20,21). The number of carbonyl (C=O) groups is 1. The highest BCUT2D eigenvalue weighted by Crippen LogP contribution is 2.34. The van der Waals surface area contributed by atoms with Crippen molar-refractivity contribution in [1.29, 1.82) is 0 Å². The number of halogens is 7. The fraction of sp³-hybridized carbons (Fsp3) is 0.417. The number of amides is 1. The molecule has 1 aromatic rings. The highest BCUT2D eigenvalue weighted by molar-refractivity contribution is 9.10. The third-order valence-corrected chi connectivity index (χ3v) is 2.94. The van der Waals surface area contributed by atoms with Crippen LogP contribution in [0.2, 0.25) is 0 Å². The molecule has 0 radical (unpaired) electrons. The van der Waals surface area contributed by atoms with E-state index in [1.807, 2.05) is 5.32 Å². The molecule has 1 rings (SSSR count).